The maximum atomic E-state index is 12.1. The first kappa shape index (κ1) is 20.0. The molecule has 152 valence electrons. The second-order valence-electron chi connectivity index (χ2n) is 7.77. The van der Waals surface area contributed by atoms with Gasteiger partial charge in [-0.2, -0.15) is 0 Å². The molecule has 28 heavy (non-hydrogen) atoms. The molecule has 2 aromatic rings. The van der Waals surface area contributed by atoms with Crippen molar-refractivity contribution < 1.29 is 28.6 Å². The molecule has 2 heterocycles. The Morgan fingerprint density at radius 3 is 2.50 bits per heavy atom. The lowest BCUT2D eigenvalue weighted by Crippen LogP contribution is -2.50. The van der Waals surface area contributed by atoms with Gasteiger partial charge in [-0.3, -0.25) is 4.90 Å². The van der Waals surface area contributed by atoms with Gasteiger partial charge in [-0.1, -0.05) is 0 Å². The predicted octanol–water partition coefficient (Wildman–Crippen LogP) is 3.06. The van der Waals surface area contributed by atoms with Crippen molar-refractivity contribution in [2.24, 2.45) is 0 Å². The number of carboxylic acids is 1. The first-order valence-corrected chi connectivity index (χ1v) is 9.31. The number of aromatic carboxylic acids is 1. The van der Waals surface area contributed by atoms with E-state index >= 15 is 0 Å². The highest BCUT2D eigenvalue weighted by atomic mass is 16.6. The number of nitrogens with zero attached hydrogens (tertiary/aromatic N) is 2. The molecule has 8 nitrogen and oxygen atoms in total. The van der Waals surface area contributed by atoms with E-state index in [1.165, 1.54) is 6.07 Å². The number of hydrogen-bond donors (Lipinski definition) is 1. The highest BCUT2D eigenvalue weighted by Gasteiger charge is 2.25. The molecule has 1 aromatic carbocycles. The molecule has 0 radical (unpaired) electrons. The predicted molar refractivity (Wildman–Crippen MR) is 103 cm³/mol. The molecule has 0 bridgehead atoms. The van der Waals surface area contributed by atoms with Crippen LogP contribution in [0.5, 0.6) is 5.75 Å². The molecule has 0 saturated carbocycles. The first-order chi connectivity index (χ1) is 13.2. The quantitative estimate of drug-likeness (QED) is 0.839. The third kappa shape index (κ3) is 5.16. The highest BCUT2D eigenvalue weighted by molar-refractivity contribution is 5.91. The van der Waals surface area contributed by atoms with E-state index < -0.39 is 11.6 Å². The van der Waals surface area contributed by atoms with Crippen LogP contribution in [0.2, 0.25) is 0 Å². The number of piperazine rings is 1. The Morgan fingerprint density at radius 1 is 1.14 bits per heavy atom. The molecular weight excluding hydrogens is 364 g/mol. The van der Waals surface area contributed by atoms with Gasteiger partial charge in [-0.25, -0.2) is 9.59 Å². The van der Waals surface area contributed by atoms with Crippen LogP contribution in [0, 0.1) is 0 Å². The molecule has 1 amide bonds. The summed E-state index contributed by atoms with van der Waals surface area (Å²) in [6.45, 7) is 9.64. The van der Waals surface area contributed by atoms with Crippen molar-refractivity contribution in [3.05, 3.63) is 30.0 Å². The van der Waals surface area contributed by atoms with Crippen LogP contribution in [-0.4, -0.2) is 71.9 Å². The maximum absolute atomic E-state index is 12.1. The number of carbonyl (C=O) groups is 2. The van der Waals surface area contributed by atoms with Gasteiger partial charge in [-0.05, 0) is 45.0 Å². The van der Waals surface area contributed by atoms with Gasteiger partial charge in [0.2, 0.25) is 5.76 Å². The second-order valence-corrected chi connectivity index (χ2v) is 7.77. The molecule has 1 aliphatic heterocycles. The lowest BCUT2D eigenvalue weighted by atomic mass is 10.2. The Morgan fingerprint density at radius 2 is 1.86 bits per heavy atom. The minimum atomic E-state index is -1.09. The van der Waals surface area contributed by atoms with Crippen LogP contribution in [0.4, 0.5) is 4.79 Å². The van der Waals surface area contributed by atoms with Gasteiger partial charge < -0.3 is 23.9 Å². The zero-order chi connectivity index (χ0) is 20.3. The van der Waals surface area contributed by atoms with E-state index in [9.17, 15) is 9.59 Å². The Kier molecular flexibility index (Phi) is 5.79. The monoisotopic (exact) mass is 390 g/mol. The van der Waals surface area contributed by atoms with Crippen molar-refractivity contribution in [2.75, 3.05) is 39.3 Å². The van der Waals surface area contributed by atoms with Gasteiger partial charge in [0.05, 0.1) is 0 Å². The number of ether oxygens (including phenoxy) is 2. The SMILES string of the molecule is CC(C)(C)OC(=O)N1CCN(CCOc2ccc3oc(C(=O)O)cc3c2)CC1. The molecule has 0 spiro atoms. The number of fused-ring (bicyclic) bond motifs is 1. The molecule has 0 atom stereocenters. The topological polar surface area (TPSA) is 92.5 Å². The number of amides is 1. The van der Waals surface area contributed by atoms with Crippen LogP contribution >= 0.6 is 0 Å². The van der Waals surface area contributed by atoms with Gasteiger partial charge in [0.25, 0.3) is 0 Å². The molecule has 1 aliphatic rings. The maximum Gasteiger partial charge on any atom is 0.410 e. The molecule has 0 aliphatic carbocycles. The van der Waals surface area contributed by atoms with E-state index in [1.807, 2.05) is 20.8 Å². The minimum Gasteiger partial charge on any atom is -0.492 e. The largest absolute Gasteiger partial charge is 0.492 e. The lowest BCUT2D eigenvalue weighted by Gasteiger charge is -2.35. The fourth-order valence-corrected chi connectivity index (χ4v) is 2.99. The van der Waals surface area contributed by atoms with Crippen molar-refractivity contribution in [3.63, 3.8) is 0 Å². The summed E-state index contributed by atoms with van der Waals surface area (Å²) in [5.41, 5.74) is 0.0339. The summed E-state index contributed by atoms with van der Waals surface area (Å²) in [6, 6.07) is 6.72. The molecular formula is C20H26N2O6. The summed E-state index contributed by atoms with van der Waals surface area (Å²) in [4.78, 5) is 27.0. The second kappa shape index (κ2) is 8.10. The third-order valence-corrected chi connectivity index (χ3v) is 4.40. The molecule has 1 aromatic heterocycles. The van der Waals surface area contributed by atoms with Crippen LogP contribution in [0.25, 0.3) is 11.0 Å². The summed E-state index contributed by atoms with van der Waals surface area (Å²) in [5, 5.41) is 9.68. The zero-order valence-corrected chi connectivity index (χ0v) is 16.4. The molecule has 0 unspecified atom stereocenters. The molecule has 3 rings (SSSR count). The number of carboxylic acid groups (broad SMARTS) is 1. The highest BCUT2D eigenvalue weighted by Crippen LogP contribution is 2.24. The van der Waals surface area contributed by atoms with Crippen LogP contribution in [-0.2, 0) is 4.74 Å². The van der Waals surface area contributed by atoms with Crippen LogP contribution < -0.4 is 4.74 Å². The van der Waals surface area contributed by atoms with E-state index in [2.05, 4.69) is 4.90 Å². The normalized spacial score (nSPS) is 15.6. The number of benzene rings is 1. The summed E-state index contributed by atoms with van der Waals surface area (Å²) in [5.74, 6) is -0.517. The van der Waals surface area contributed by atoms with Gasteiger partial charge in [-0.15, -0.1) is 0 Å². The Bertz CT molecular complexity index is 846. The Hall–Kier alpha value is -2.74. The van der Waals surface area contributed by atoms with Gasteiger partial charge in [0.15, 0.2) is 0 Å². The fraction of sp³-hybridized carbons (Fsp3) is 0.500. The summed E-state index contributed by atoms with van der Waals surface area (Å²) >= 11 is 0. The molecule has 1 fully saturated rings. The zero-order valence-electron chi connectivity index (χ0n) is 16.4. The van der Waals surface area contributed by atoms with E-state index in [-0.39, 0.29) is 11.9 Å². The van der Waals surface area contributed by atoms with Crippen LogP contribution in [0.1, 0.15) is 31.3 Å². The van der Waals surface area contributed by atoms with Crippen molar-refractivity contribution in [1.29, 1.82) is 0 Å². The van der Waals surface area contributed by atoms with Crippen molar-refractivity contribution >= 4 is 23.0 Å². The molecule has 1 N–H and O–H groups in total. The molecule has 1 saturated heterocycles. The van der Waals surface area contributed by atoms with Crippen molar-refractivity contribution in [2.45, 2.75) is 26.4 Å². The van der Waals surface area contributed by atoms with Gasteiger partial charge in [0.1, 0.15) is 23.5 Å². The average Bonchev–Trinajstić information content (AvgIpc) is 3.04. The summed E-state index contributed by atoms with van der Waals surface area (Å²) < 4.78 is 16.4. The third-order valence-electron chi connectivity index (χ3n) is 4.40. The van der Waals surface area contributed by atoms with E-state index in [4.69, 9.17) is 19.0 Å². The standard InChI is InChI=1S/C20H26N2O6/c1-20(2,3)28-19(25)22-8-6-21(7-9-22)10-11-26-15-4-5-16-14(12-15)13-17(27-16)18(23)24/h4-5,12-13H,6-11H2,1-3H3,(H,23,24). The fourth-order valence-electron chi connectivity index (χ4n) is 2.99. The van der Waals surface area contributed by atoms with E-state index in [0.717, 1.165) is 19.6 Å². The number of rotatable bonds is 5. The average molecular weight is 390 g/mol. The van der Waals surface area contributed by atoms with Gasteiger partial charge in [0, 0.05) is 38.1 Å². The smallest absolute Gasteiger partial charge is 0.410 e. The Labute approximate surface area is 163 Å². The number of furan rings is 1. The van der Waals surface area contributed by atoms with Crippen molar-refractivity contribution in [3.8, 4) is 5.75 Å². The minimum absolute atomic E-state index is 0.0880. The van der Waals surface area contributed by atoms with Crippen LogP contribution in [0.15, 0.2) is 28.7 Å². The van der Waals surface area contributed by atoms with E-state index in [1.54, 1.807) is 23.1 Å². The summed E-state index contributed by atoms with van der Waals surface area (Å²) in [6.07, 6.45) is -0.266. The summed E-state index contributed by atoms with van der Waals surface area (Å²) in [7, 11) is 0. The van der Waals surface area contributed by atoms with E-state index in [0.29, 0.717) is 36.4 Å². The first-order valence-electron chi connectivity index (χ1n) is 9.31. The van der Waals surface area contributed by atoms with Crippen LogP contribution in [0.3, 0.4) is 0 Å². The number of hydrogen-bond acceptors (Lipinski definition) is 6. The number of carbonyl (C=O) groups excluding carboxylic acids is 1. The lowest BCUT2D eigenvalue weighted by molar-refractivity contribution is 0.0137. The van der Waals surface area contributed by atoms with Gasteiger partial charge >= 0.3 is 12.1 Å². The van der Waals surface area contributed by atoms with Crippen molar-refractivity contribution in [1.82, 2.24) is 9.80 Å². The molecule has 8 heteroatoms. The Balaban J connectivity index is 1.44.